The summed E-state index contributed by atoms with van der Waals surface area (Å²) in [5.41, 5.74) is 3.98. The average molecular weight is 361 g/mol. The number of rotatable bonds is 7. The number of para-hydroxylation sites is 2. The van der Waals surface area contributed by atoms with Crippen molar-refractivity contribution in [3.63, 3.8) is 0 Å². The van der Waals surface area contributed by atoms with Crippen molar-refractivity contribution in [2.75, 3.05) is 26.7 Å². The summed E-state index contributed by atoms with van der Waals surface area (Å²) in [6.45, 7) is 3.28. The quantitative estimate of drug-likeness (QED) is 0.466. The summed E-state index contributed by atoms with van der Waals surface area (Å²) in [6.07, 6.45) is 10.4. The summed E-state index contributed by atoms with van der Waals surface area (Å²) in [5.74, 6) is 1.41. The largest absolute Gasteiger partial charge is 0.496 e. The van der Waals surface area contributed by atoms with Crippen molar-refractivity contribution in [2.45, 2.75) is 25.2 Å². The topological polar surface area (TPSA) is 28.3 Å². The van der Waals surface area contributed by atoms with Gasteiger partial charge in [0, 0.05) is 41.7 Å². The molecule has 2 aromatic carbocycles. The first-order valence-electron chi connectivity index (χ1n) is 9.92. The van der Waals surface area contributed by atoms with Gasteiger partial charge in [-0.15, -0.1) is 0 Å². The molecule has 27 heavy (non-hydrogen) atoms. The third kappa shape index (κ3) is 4.09. The van der Waals surface area contributed by atoms with Crippen LogP contribution in [0.15, 0.2) is 66.9 Å². The van der Waals surface area contributed by atoms with Crippen LogP contribution in [0.4, 0.5) is 0 Å². The third-order valence-electron chi connectivity index (χ3n) is 5.57. The monoisotopic (exact) mass is 360 g/mol. The number of nitrogens with one attached hydrogen (secondary N) is 1. The summed E-state index contributed by atoms with van der Waals surface area (Å²) in [5, 5.41) is 1.37. The van der Waals surface area contributed by atoms with Crippen LogP contribution in [0, 0.1) is 0 Å². The molecule has 1 aromatic heterocycles. The second kappa shape index (κ2) is 8.45. The number of methoxy groups -OCH3 is 1. The van der Waals surface area contributed by atoms with Gasteiger partial charge in [0.25, 0.3) is 0 Å². The van der Waals surface area contributed by atoms with E-state index in [1.54, 1.807) is 7.11 Å². The predicted molar refractivity (Wildman–Crippen MR) is 113 cm³/mol. The highest BCUT2D eigenvalue weighted by Gasteiger charge is 2.19. The van der Waals surface area contributed by atoms with E-state index in [2.05, 4.69) is 70.7 Å². The number of H-pyrrole nitrogens is 1. The Balaban J connectivity index is 1.30. The Morgan fingerprint density at radius 2 is 1.93 bits per heavy atom. The Kier molecular flexibility index (Phi) is 5.59. The molecule has 1 aliphatic rings. The minimum absolute atomic E-state index is 0.420. The molecule has 3 aromatic rings. The molecule has 0 fully saturated rings. The number of benzene rings is 2. The molecular weight excluding hydrogens is 332 g/mol. The maximum atomic E-state index is 5.55. The van der Waals surface area contributed by atoms with Gasteiger partial charge in [-0.3, -0.25) is 4.90 Å². The summed E-state index contributed by atoms with van der Waals surface area (Å²) < 4.78 is 5.55. The van der Waals surface area contributed by atoms with Crippen LogP contribution in [0.3, 0.4) is 0 Å². The summed E-state index contributed by atoms with van der Waals surface area (Å²) >= 11 is 0. The molecule has 140 valence electrons. The number of fused-ring (bicyclic) bond motifs is 1. The highest BCUT2D eigenvalue weighted by Crippen LogP contribution is 2.30. The number of aryl methyl sites for hydroxylation is 1. The second-order valence-corrected chi connectivity index (χ2v) is 7.35. The zero-order valence-corrected chi connectivity index (χ0v) is 16.0. The molecule has 1 atom stereocenters. The molecule has 0 aliphatic carbocycles. The second-order valence-electron chi connectivity index (χ2n) is 7.35. The van der Waals surface area contributed by atoms with Crippen molar-refractivity contribution in [1.82, 2.24) is 9.88 Å². The smallest absolute Gasteiger partial charge is 0.122 e. The van der Waals surface area contributed by atoms with E-state index in [4.69, 9.17) is 4.74 Å². The van der Waals surface area contributed by atoms with Gasteiger partial charge in [0.2, 0.25) is 0 Å². The molecular formula is C24H28N2O. The third-order valence-corrected chi connectivity index (χ3v) is 5.57. The average Bonchev–Trinajstić information content (AvgIpc) is 3.14. The SMILES string of the molecule is COc1ccccc1C1C=CCN(CCCCc2c[nH]c3ccccc23)C1. The van der Waals surface area contributed by atoms with E-state index >= 15 is 0 Å². The maximum absolute atomic E-state index is 5.55. The van der Waals surface area contributed by atoms with Crippen molar-refractivity contribution in [2.24, 2.45) is 0 Å². The van der Waals surface area contributed by atoms with Crippen LogP contribution in [-0.2, 0) is 6.42 Å². The number of aromatic amines is 1. The van der Waals surface area contributed by atoms with Crippen LogP contribution in [-0.4, -0.2) is 36.6 Å². The first-order valence-corrected chi connectivity index (χ1v) is 9.92. The standard InChI is InChI=1S/C24H28N2O/c1-27-24-14-5-3-12-22(24)20-10-8-16-26(18-20)15-7-6-9-19-17-25-23-13-4-2-11-21(19)23/h2-5,8,10-14,17,20,25H,6-7,9,15-16,18H2,1H3. The Labute approximate surface area is 161 Å². The summed E-state index contributed by atoms with van der Waals surface area (Å²) in [4.78, 5) is 5.94. The van der Waals surface area contributed by atoms with E-state index in [0.717, 1.165) is 31.8 Å². The van der Waals surface area contributed by atoms with Crippen molar-refractivity contribution in [1.29, 1.82) is 0 Å². The first-order chi connectivity index (χ1) is 13.3. The van der Waals surface area contributed by atoms with Gasteiger partial charge in [-0.2, -0.15) is 0 Å². The van der Waals surface area contributed by atoms with E-state index in [0.29, 0.717) is 5.92 Å². The number of unbranched alkanes of at least 4 members (excludes halogenated alkanes) is 1. The fourth-order valence-electron chi connectivity index (χ4n) is 4.13. The molecule has 2 heterocycles. The van der Waals surface area contributed by atoms with Crippen LogP contribution >= 0.6 is 0 Å². The molecule has 1 N–H and O–H groups in total. The molecule has 3 heteroatoms. The van der Waals surface area contributed by atoms with Crippen LogP contribution < -0.4 is 4.74 Å². The Hall–Kier alpha value is -2.52. The number of aromatic nitrogens is 1. The Morgan fingerprint density at radius 1 is 1.07 bits per heavy atom. The van der Waals surface area contributed by atoms with Crippen molar-refractivity contribution < 1.29 is 4.74 Å². The Morgan fingerprint density at radius 3 is 2.85 bits per heavy atom. The fraction of sp³-hybridized carbons (Fsp3) is 0.333. The molecule has 0 amide bonds. The van der Waals surface area contributed by atoms with Gasteiger partial charge in [-0.05, 0) is 43.5 Å². The van der Waals surface area contributed by atoms with Crippen molar-refractivity contribution in [3.8, 4) is 5.75 Å². The molecule has 4 rings (SSSR count). The van der Waals surface area contributed by atoms with Gasteiger partial charge < -0.3 is 9.72 Å². The molecule has 0 bridgehead atoms. The van der Waals surface area contributed by atoms with Gasteiger partial charge >= 0.3 is 0 Å². The minimum atomic E-state index is 0.420. The molecule has 1 aliphatic heterocycles. The van der Waals surface area contributed by atoms with Crippen molar-refractivity contribution >= 4 is 10.9 Å². The predicted octanol–water partition coefficient (Wildman–Crippen LogP) is 5.15. The minimum Gasteiger partial charge on any atom is -0.496 e. The van der Waals surface area contributed by atoms with Crippen molar-refractivity contribution in [3.05, 3.63) is 78.0 Å². The van der Waals surface area contributed by atoms with Crippen LogP contribution in [0.1, 0.15) is 29.9 Å². The van der Waals surface area contributed by atoms with Gasteiger partial charge in [-0.25, -0.2) is 0 Å². The molecule has 0 radical (unpaired) electrons. The lowest BCUT2D eigenvalue weighted by Gasteiger charge is -2.29. The lowest BCUT2D eigenvalue weighted by molar-refractivity contribution is 0.275. The zero-order chi connectivity index (χ0) is 18.5. The normalized spacial score (nSPS) is 17.4. The van der Waals surface area contributed by atoms with E-state index in [9.17, 15) is 0 Å². The lowest BCUT2D eigenvalue weighted by atomic mass is 9.94. The van der Waals surface area contributed by atoms with Gasteiger partial charge in [-0.1, -0.05) is 48.6 Å². The molecule has 1 unspecified atom stereocenters. The highest BCUT2D eigenvalue weighted by atomic mass is 16.5. The summed E-state index contributed by atoms with van der Waals surface area (Å²) in [6, 6.07) is 17.0. The number of hydrogen-bond donors (Lipinski definition) is 1. The number of ether oxygens (including phenoxy) is 1. The molecule has 0 saturated heterocycles. The van der Waals surface area contributed by atoms with Gasteiger partial charge in [0.1, 0.15) is 5.75 Å². The van der Waals surface area contributed by atoms with E-state index in [1.165, 1.54) is 34.9 Å². The molecule has 0 saturated carbocycles. The van der Waals surface area contributed by atoms with E-state index in [1.807, 2.05) is 6.07 Å². The lowest BCUT2D eigenvalue weighted by Crippen LogP contribution is -2.32. The molecule has 3 nitrogen and oxygen atoms in total. The van der Waals surface area contributed by atoms with Crippen LogP contribution in [0.25, 0.3) is 10.9 Å². The van der Waals surface area contributed by atoms with Crippen LogP contribution in [0.5, 0.6) is 5.75 Å². The fourth-order valence-corrected chi connectivity index (χ4v) is 4.13. The Bertz CT molecular complexity index is 911. The highest BCUT2D eigenvalue weighted by molar-refractivity contribution is 5.82. The van der Waals surface area contributed by atoms with E-state index in [-0.39, 0.29) is 0 Å². The zero-order valence-electron chi connectivity index (χ0n) is 16.0. The van der Waals surface area contributed by atoms with Gasteiger partial charge in [0.05, 0.1) is 7.11 Å². The molecule has 0 spiro atoms. The first kappa shape index (κ1) is 17.9. The number of nitrogens with zero attached hydrogens (tertiary/aromatic N) is 1. The maximum Gasteiger partial charge on any atom is 0.122 e. The van der Waals surface area contributed by atoms with Crippen LogP contribution in [0.2, 0.25) is 0 Å². The summed E-state index contributed by atoms with van der Waals surface area (Å²) in [7, 11) is 1.76. The number of hydrogen-bond acceptors (Lipinski definition) is 2. The van der Waals surface area contributed by atoms with Gasteiger partial charge in [0.15, 0.2) is 0 Å². The van der Waals surface area contributed by atoms with E-state index < -0.39 is 0 Å².